The van der Waals surface area contributed by atoms with Crippen LogP contribution in [-0.2, 0) is 4.79 Å². The van der Waals surface area contributed by atoms with Crippen LogP contribution in [0.5, 0.6) is 0 Å². The van der Waals surface area contributed by atoms with Gasteiger partial charge in [-0.15, -0.1) is 12.4 Å². The molecular formula is C14H21Cl2N3O. The fourth-order valence-corrected chi connectivity index (χ4v) is 2.55. The van der Waals surface area contributed by atoms with Gasteiger partial charge < -0.3 is 15.5 Å². The second kappa shape index (κ2) is 7.16. The predicted octanol–water partition coefficient (Wildman–Crippen LogP) is 2.07. The highest BCUT2D eigenvalue weighted by Gasteiger charge is 2.23. The molecule has 0 aromatic heterocycles. The number of hydrogen-bond donors (Lipinski definition) is 1. The number of nitrogens with two attached hydrogens (primary N) is 1. The predicted molar refractivity (Wildman–Crippen MR) is 85.9 cm³/mol. The van der Waals surface area contributed by atoms with E-state index >= 15 is 0 Å². The third-order valence-corrected chi connectivity index (χ3v) is 3.73. The van der Waals surface area contributed by atoms with Crippen molar-refractivity contribution in [3.05, 3.63) is 28.8 Å². The summed E-state index contributed by atoms with van der Waals surface area (Å²) < 4.78 is 0. The van der Waals surface area contributed by atoms with Gasteiger partial charge in [0, 0.05) is 36.9 Å². The largest absolute Gasteiger partial charge is 0.368 e. The number of benzene rings is 1. The van der Waals surface area contributed by atoms with E-state index in [1.165, 1.54) is 5.56 Å². The maximum absolute atomic E-state index is 11.8. The lowest BCUT2D eigenvalue weighted by atomic mass is 10.1. The van der Waals surface area contributed by atoms with Crippen LogP contribution in [0.3, 0.4) is 0 Å². The zero-order chi connectivity index (χ0) is 14.0. The van der Waals surface area contributed by atoms with Crippen molar-refractivity contribution in [2.24, 2.45) is 5.73 Å². The Morgan fingerprint density at radius 3 is 2.45 bits per heavy atom. The van der Waals surface area contributed by atoms with Crippen LogP contribution >= 0.6 is 24.0 Å². The third-order valence-electron chi connectivity index (χ3n) is 3.49. The van der Waals surface area contributed by atoms with Gasteiger partial charge in [0.25, 0.3) is 0 Å². The van der Waals surface area contributed by atoms with Crippen molar-refractivity contribution in [3.8, 4) is 0 Å². The number of carbonyl (C=O) groups is 1. The summed E-state index contributed by atoms with van der Waals surface area (Å²) in [4.78, 5) is 15.9. The Morgan fingerprint density at radius 1 is 1.30 bits per heavy atom. The summed E-state index contributed by atoms with van der Waals surface area (Å²) in [6.07, 6.45) is 0. The Labute approximate surface area is 131 Å². The van der Waals surface area contributed by atoms with Gasteiger partial charge in [-0.3, -0.25) is 4.79 Å². The van der Waals surface area contributed by atoms with Gasteiger partial charge in [0.15, 0.2) is 0 Å². The minimum atomic E-state index is -0.417. The summed E-state index contributed by atoms with van der Waals surface area (Å²) in [5.41, 5.74) is 7.99. The molecule has 1 heterocycles. The molecule has 2 rings (SSSR count). The first-order valence-electron chi connectivity index (χ1n) is 6.54. The smallest absolute Gasteiger partial charge is 0.239 e. The molecule has 0 aliphatic carbocycles. The Morgan fingerprint density at radius 2 is 1.90 bits per heavy atom. The van der Waals surface area contributed by atoms with Crippen LogP contribution in [0.15, 0.2) is 18.2 Å². The second-order valence-electron chi connectivity index (χ2n) is 5.03. The zero-order valence-electron chi connectivity index (χ0n) is 11.8. The number of nitrogens with zero attached hydrogens (tertiary/aromatic N) is 2. The SMILES string of the molecule is Cc1ccc(Cl)cc1N1CCN(C(=O)C(C)N)CC1.Cl. The molecule has 1 saturated heterocycles. The number of piperazine rings is 1. The summed E-state index contributed by atoms with van der Waals surface area (Å²) >= 11 is 6.05. The van der Waals surface area contributed by atoms with Crippen molar-refractivity contribution in [3.63, 3.8) is 0 Å². The topological polar surface area (TPSA) is 49.6 Å². The molecule has 0 spiro atoms. The van der Waals surface area contributed by atoms with Gasteiger partial charge in [-0.25, -0.2) is 0 Å². The van der Waals surface area contributed by atoms with Gasteiger partial charge in [0.2, 0.25) is 5.91 Å². The molecule has 20 heavy (non-hydrogen) atoms. The molecule has 1 fully saturated rings. The standard InChI is InChI=1S/C14H20ClN3O.ClH/c1-10-3-4-12(15)9-13(10)17-5-7-18(8-6-17)14(19)11(2)16;/h3-4,9,11H,5-8,16H2,1-2H3;1H. The van der Waals surface area contributed by atoms with Gasteiger partial charge in [-0.05, 0) is 31.5 Å². The van der Waals surface area contributed by atoms with E-state index in [-0.39, 0.29) is 18.3 Å². The highest BCUT2D eigenvalue weighted by Crippen LogP contribution is 2.25. The fourth-order valence-electron chi connectivity index (χ4n) is 2.38. The van der Waals surface area contributed by atoms with Crippen LogP contribution < -0.4 is 10.6 Å². The first-order valence-corrected chi connectivity index (χ1v) is 6.92. The molecule has 1 aliphatic rings. The monoisotopic (exact) mass is 317 g/mol. The van der Waals surface area contributed by atoms with Gasteiger partial charge in [0.05, 0.1) is 6.04 Å². The maximum Gasteiger partial charge on any atom is 0.239 e. The molecule has 1 unspecified atom stereocenters. The third kappa shape index (κ3) is 3.78. The van der Waals surface area contributed by atoms with E-state index < -0.39 is 6.04 Å². The van der Waals surface area contributed by atoms with Crippen LogP contribution in [0, 0.1) is 6.92 Å². The van der Waals surface area contributed by atoms with Crippen molar-refractivity contribution in [1.82, 2.24) is 4.90 Å². The molecule has 2 N–H and O–H groups in total. The van der Waals surface area contributed by atoms with E-state index in [4.69, 9.17) is 17.3 Å². The summed E-state index contributed by atoms with van der Waals surface area (Å²) in [5.74, 6) is 0.0301. The van der Waals surface area contributed by atoms with Gasteiger partial charge in [0.1, 0.15) is 0 Å². The Bertz CT molecular complexity index is 471. The van der Waals surface area contributed by atoms with Crippen LogP contribution in [0.2, 0.25) is 5.02 Å². The molecular weight excluding hydrogens is 297 g/mol. The lowest BCUT2D eigenvalue weighted by Crippen LogP contribution is -2.52. The van der Waals surface area contributed by atoms with Crippen LogP contribution in [0.25, 0.3) is 0 Å². The molecule has 4 nitrogen and oxygen atoms in total. The number of halogens is 2. The van der Waals surface area contributed by atoms with E-state index in [2.05, 4.69) is 11.8 Å². The quantitative estimate of drug-likeness (QED) is 0.908. The van der Waals surface area contributed by atoms with Crippen molar-refractivity contribution >= 4 is 35.6 Å². The molecule has 0 saturated carbocycles. The fraction of sp³-hybridized carbons (Fsp3) is 0.500. The number of rotatable bonds is 2. The lowest BCUT2D eigenvalue weighted by molar-refractivity contribution is -0.132. The molecule has 6 heteroatoms. The van der Waals surface area contributed by atoms with E-state index in [1.54, 1.807) is 6.92 Å². The van der Waals surface area contributed by atoms with Gasteiger partial charge in [-0.1, -0.05) is 17.7 Å². The average Bonchev–Trinajstić information content (AvgIpc) is 2.41. The van der Waals surface area contributed by atoms with Crippen molar-refractivity contribution in [2.45, 2.75) is 19.9 Å². The zero-order valence-corrected chi connectivity index (χ0v) is 13.4. The van der Waals surface area contributed by atoms with Crippen LogP contribution in [-0.4, -0.2) is 43.0 Å². The first kappa shape index (κ1) is 17.1. The lowest BCUT2D eigenvalue weighted by Gasteiger charge is -2.37. The molecule has 0 bridgehead atoms. The summed E-state index contributed by atoms with van der Waals surface area (Å²) in [7, 11) is 0. The Balaban J connectivity index is 0.00000200. The van der Waals surface area contributed by atoms with Gasteiger partial charge in [-0.2, -0.15) is 0 Å². The minimum Gasteiger partial charge on any atom is -0.368 e. The molecule has 112 valence electrons. The number of amides is 1. The highest BCUT2D eigenvalue weighted by molar-refractivity contribution is 6.30. The van der Waals surface area contributed by atoms with E-state index in [1.807, 2.05) is 23.1 Å². The Hall–Kier alpha value is -0.970. The molecule has 1 aromatic rings. The number of hydrogen-bond acceptors (Lipinski definition) is 3. The van der Waals surface area contributed by atoms with Gasteiger partial charge >= 0.3 is 0 Å². The average molecular weight is 318 g/mol. The Kier molecular flexibility index (Phi) is 6.11. The van der Waals surface area contributed by atoms with Crippen LogP contribution in [0.1, 0.15) is 12.5 Å². The van der Waals surface area contributed by atoms with Crippen molar-refractivity contribution in [1.29, 1.82) is 0 Å². The number of anilines is 1. The number of carbonyl (C=O) groups excluding carboxylic acids is 1. The van der Waals surface area contributed by atoms with E-state index in [9.17, 15) is 4.79 Å². The van der Waals surface area contributed by atoms with Crippen molar-refractivity contribution in [2.75, 3.05) is 31.1 Å². The molecule has 0 radical (unpaired) electrons. The van der Waals surface area contributed by atoms with Crippen LogP contribution in [0.4, 0.5) is 5.69 Å². The summed E-state index contributed by atoms with van der Waals surface area (Å²) in [5, 5.41) is 0.745. The minimum absolute atomic E-state index is 0. The van der Waals surface area contributed by atoms with E-state index in [0.717, 1.165) is 23.8 Å². The molecule has 1 amide bonds. The number of aryl methyl sites for hydroxylation is 1. The first-order chi connectivity index (χ1) is 8.99. The highest BCUT2D eigenvalue weighted by atomic mass is 35.5. The van der Waals surface area contributed by atoms with Crippen molar-refractivity contribution < 1.29 is 4.79 Å². The molecule has 1 atom stereocenters. The maximum atomic E-state index is 11.8. The van der Waals surface area contributed by atoms with E-state index in [0.29, 0.717) is 13.1 Å². The molecule has 1 aromatic carbocycles. The normalized spacial score (nSPS) is 16.6. The summed E-state index contributed by atoms with van der Waals surface area (Å²) in [6, 6.07) is 5.49. The summed E-state index contributed by atoms with van der Waals surface area (Å²) in [6.45, 7) is 6.87. The second-order valence-corrected chi connectivity index (χ2v) is 5.47. The molecule has 1 aliphatic heterocycles.